The van der Waals surface area contributed by atoms with Crippen molar-refractivity contribution >= 4 is 27.3 Å². The van der Waals surface area contributed by atoms with Crippen LogP contribution in [-0.2, 0) is 0 Å². The average molecular weight is 321 g/mol. The van der Waals surface area contributed by atoms with Gasteiger partial charge in [-0.3, -0.25) is 4.90 Å². The molecule has 1 heterocycles. The van der Waals surface area contributed by atoms with Gasteiger partial charge in [0.2, 0.25) is 0 Å². The van der Waals surface area contributed by atoms with Gasteiger partial charge >= 0.3 is 0 Å². The Balaban J connectivity index is 2.81. The van der Waals surface area contributed by atoms with Crippen molar-refractivity contribution in [3.8, 4) is 0 Å². The van der Waals surface area contributed by atoms with E-state index in [0.717, 1.165) is 16.8 Å². The van der Waals surface area contributed by atoms with E-state index in [0.29, 0.717) is 12.6 Å². The van der Waals surface area contributed by atoms with E-state index < -0.39 is 0 Å². The van der Waals surface area contributed by atoms with Crippen molar-refractivity contribution < 1.29 is 5.11 Å². The minimum Gasteiger partial charge on any atom is -0.396 e. The molecule has 0 saturated carbocycles. The molecule has 0 amide bonds. The first-order valence-corrected chi connectivity index (χ1v) is 7.53. The molecule has 17 heavy (non-hydrogen) atoms. The minimum absolute atomic E-state index is 0.231. The molecular formula is C12H21BrN2OS. The third-order valence-corrected chi connectivity index (χ3v) is 4.51. The number of halogens is 1. The molecule has 0 spiro atoms. The summed E-state index contributed by atoms with van der Waals surface area (Å²) in [5.41, 5.74) is 5.91. The predicted molar refractivity (Wildman–Crippen MR) is 77.4 cm³/mol. The van der Waals surface area contributed by atoms with Crippen LogP contribution in [0.2, 0.25) is 0 Å². The fraction of sp³-hybridized carbons (Fsp3) is 0.667. The van der Waals surface area contributed by atoms with Gasteiger partial charge in [0.15, 0.2) is 0 Å². The topological polar surface area (TPSA) is 49.5 Å². The quantitative estimate of drug-likeness (QED) is 0.812. The van der Waals surface area contributed by atoms with Crippen molar-refractivity contribution in [3.05, 3.63) is 20.8 Å². The van der Waals surface area contributed by atoms with Crippen LogP contribution in [-0.4, -0.2) is 35.7 Å². The highest BCUT2D eigenvalue weighted by atomic mass is 79.9. The Kier molecular flexibility index (Phi) is 6.66. The van der Waals surface area contributed by atoms with Gasteiger partial charge in [-0.05, 0) is 48.3 Å². The fourth-order valence-electron chi connectivity index (χ4n) is 1.95. The summed E-state index contributed by atoms with van der Waals surface area (Å²) >= 11 is 5.22. The molecule has 0 aliphatic heterocycles. The lowest BCUT2D eigenvalue weighted by molar-refractivity contribution is 0.143. The van der Waals surface area contributed by atoms with E-state index in [9.17, 15) is 0 Å². The van der Waals surface area contributed by atoms with Gasteiger partial charge in [-0.15, -0.1) is 11.3 Å². The maximum absolute atomic E-state index is 8.96. The highest BCUT2D eigenvalue weighted by Crippen LogP contribution is 2.31. The largest absolute Gasteiger partial charge is 0.396 e. The molecule has 98 valence electrons. The zero-order valence-corrected chi connectivity index (χ0v) is 12.8. The number of hydrogen-bond acceptors (Lipinski definition) is 4. The summed E-state index contributed by atoms with van der Waals surface area (Å²) in [6.07, 6.45) is 0.793. The van der Waals surface area contributed by atoms with Gasteiger partial charge in [-0.1, -0.05) is 0 Å². The predicted octanol–water partition coefficient (Wildman–Crippen LogP) is 2.60. The Morgan fingerprint density at radius 2 is 2.18 bits per heavy atom. The van der Waals surface area contributed by atoms with E-state index in [2.05, 4.69) is 46.8 Å². The van der Waals surface area contributed by atoms with Crippen LogP contribution in [0.4, 0.5) is 0 Å². The lowest BCUT2D eigenvalue weighted by Gasteiger charge is -2.33. The van der Waals surface area contributed by atoms with Crippen molar-refractivity contribution in [1.29, 1.82) is 0 Å². The van der Waals surface area contributed by atoms with Crippen molar-refractivity contribution in [3.63, 3.8) is 0 Å². The second kappa shape index (κ2) is 7.48. The molecule has 5 heteroatoms. The first-order chi connectivity index (χ1) is 8.10. The van der Waals surface area contributed by atoms with Gasteiger partial charge in [0.25, 0.3) is 0 Å². The molecule has 0 radical (unpaired) electrons. The van der Waals surface area contributed by atoms with E-state index in [1.807, 2.05) is 0 Å². The number of hydrogen-bond donors (Lipinski definition) is 2. The molecule has 1 rings (SSSR count). The van der Waals surface area contributed by atoms with Crippen LogP contribution in [0.15, 0.2) is 15.9 Å². The first kappa shape index (κ1) is 15.1. The molecule has 0 bridgehead atoms. The minimum atomic E-state index is 0.231. The van der Waals surface area contributed by atoms with E-state index >= 15 is 0 Å². The molecule has 0 aromatic carbocycles. The summed E-state index contributed by atoms with van der Waals surface area (Å²) in [6.45, 7) is 6.06. The Hall–Kier alpha value is 0.0600. The summed E-state index contributed by atoms with van der Waals surface area (Å²) in [5.74, 6) is 0. The second-order valence-corrected chi connectivity index (χ2v) is 6.80. The van der Waals surface area contributed by atoms with Crippen LogP contribution >= 0.6 is 27.3 Å². The third-order valence-electron chi connectivity index (χ3n) is 2.78. The zero-order valence-electron chi connectivity index (χ0n) is 10.4. The highest BCUT2D eigenvalue weighted by molar-refractivity contribution is 9.11. The van der Waals surface area contributed by atoms with Crippen molar-refractivity contribution in [2.75, 3.05) is 19.7 Å². The molecule has 0 saturated heterocycles. The lowest BCUT2D eigenvalue weighted by atomic mass is 10.1. The van der Waals surface area contributed by atoms with E-state index in [1.54, 1.807) is 11.3 Å². The normalized spacial score (nSPS) is 13.6. The van der Waals surface area contributed by atoms with E-state index in [1.165, 1.54) is 4.88 Å². The average Bonchev–Trinajstić information content (AvgIpc) is 2.70. The summed E-state index contributed by atoms with van der Waals surface area (Å²) in [4.78, 5) is 3.64. The van der Waals surface area contributed by atoms with Gasteiger partial charge in [0.05, 0.1) is 9.83 Å². The van der Waals surface area contributed by atoms with Crippen LogP contribution in [0.3, 0.4) is 0 Å². The maximum Gasteiger partial charge on any atom is 0.0702 e. The SMILES string of the molecule is CC(C)N(CCCO)C(CN)c1ccc(Br)s1. The molecule has 0 fully saturated rings. The number of aliphatic hydroxyl groups excluding tert-OH is 1. The highest BCUT2D eigenvalue weighted by Gasteiger charge is 2.22. The summed E-state index contributed by atoms with van der Waals surface area (Å²) < 4.78 is 1.14. The molecule has 0 aliphatic carbocycles. The van der Waals surface area contributed by atoms with E-state index in [4.69, 9.17) is 10.8 Å². The van der Waals surface area contributed by atoms with Crippen LogP contribution in [0.1, 0.15) is 31.2 Å². The smallest absolute Gasteiger partial charge is 0.0702 e. The molecule has 1 aromatic heterocycles. The Bertz CT molecular complexity index is 330. The Labute approximate surface area is 116 Å². The molecule has 1 atom stereocenters. The van der Waals surface area contributed by atoms with Crippen LogP contribution in [0.5, 0.6) is 0 Å². The molecular weight excluding hydrogens is 300 g/mol. The maximum atomic E-state index is 8.96. The van der Waals surface area contributed by atoms with Gasteiger partial charge in [-0.2, -0.15) is 0 Å². The summed E-state index contributed by atoms with van der Waals surface area (Å²) in [5, 5.41) is 8.96. The van der Waals surface area contributed by atoms with Crippen molar-refractivity contribution in [2.24, 2.45) is 5.73 Å². The summed E-state index contributed by atoms with van der Waals surface area (Å²) in [7, 11) is 0. The number of aliphatic hydroxyl groups is 1. The van der Waals surface area contributed by atoms with Gasteiger partial charge in [0.1, 0.15) is 0 Å². The Morgan fingerprint density at radius 1 is 1.47 bits per heavy atom. The van der Waals surface area contributed by atoms with Gasteiger partial charge in [0, 0.05) is 30.6 Å². The molecule has 1 aromatic rings. The number of thiophene rings is 1. The van der Waals surface area contributed by atoms with Gasteiger partial charge < -0.3 is 10.8 Å². The molecule has 1 unspecified atom stereocenters. The fourth-order valence-corrected chi connectivity index (χ4v) is 3.51. The molecule has 0 aliphatic rings. The van der Waals surface area contributed by atoms with Crippen molar-refractivity contribution in [1.82, 2.24) is 4.90 Å². The lowest BCUT2D eigenvalue weighted by Crippen LogP contribution is -2.39. The number of nitrogens with two attached hydrogens (primary N) is 1. The standard InChI is InChI=1S/C12H21BrN2OS/c1-9(2)15(6-3-7-16)10(8-14)11-4-5-12(13)17-11/h4-5,9-10,16H,3,6-8,14H2,1-2H3. The molecule has 3 nitrogen and oxygen atoms in total. The number of nitrogens with zero attached hydrogens (tertiary/aromatic N) is 1. The van der Waals surface area contributed by atoms with Crippen molar-refractivity contribution in [2.45, 2.75) is 32.4 Å². The first-order valence-electron chi connectivity index (χ1n) is 5.92. The van der Waals surface area contributed by atoms with Crippen LogP contribution in [0.25, 0.3) is 0 Å². The monoisotopic (exact) mass is 320 g/mol. The van der Waals surface area contributed by atoms with Crippen LogP contribution < -0.4 is 5.73 Å². The molecule has 3 N–H and O–H groups in total. The van der Waals surface area contributed by atoms with E-state index in [-0.39, 0.29) is 12.6 Å². The third kappa shape index (κ3) is 4.34. The number of rotatable bonds is 7. The van der Waals surface area contributed by atoms with Gasteiger partial charge in [-0.25, -0.2) is 0 Å². The second-order valence-electron chi connectivity index (χ2n) is 4.30. The van der Waals surface area contributed by atoms with Crippen LogP contribution in [0, 0.1) is 0 Å². The Morgan fingerprint density at radius 3 is 2.59 bits per heavy atom. The summed E-state index contributed by atoms with van der Waals surface area (Å²) in [6, 6.07) is 4.86. The zero-order chi connectivity index (χ0) is 12.8.